The van der Waals surface area contributed by atoms with Crippen molar-refractivity contribution in [1.29, 1.82) is 0 Å². The number of rotatable bonds is 43. The number of carbonyl (C=O) groups is 3. The highest BCUT2D eigenvalue weighted by Crippen LogP contribution is 2.15. The van der Waals surface area contributed by atoms with Crippen LogP contribution in [0.15, 0.2) is 60.8 Å². The molecule has 334 valence electrons. The van der Waals surface area contributed by atoms with Crippen LogP contribution in [0.3, 0.4) is 0 Å². The van der Waals surface area contributed by atoms with E-state index in [0.29, 0.717) is 19.3 Å². The van der Waals surface area contributed by atoms with Crippen molar-refractivity contribution >= 4 is 17.9 Å². The summed E-state index contributed by atoms with van der Waals surface area (Å²) >= 11 is 0. The average Bonchev–Trinajstić information content (AvgIpc) is 3.22. The molecule has 0 aromatic heterocycles. The van der Waals surface area contributed by atoms with Gasteiger partial charge in [0.15, 0.2) is 6.10 Å². The molecule has 1 atom stereocenters. The van der Waals surface area contributed by atoms with Crippen LogP contribution in [0.5, 0.6) is 0 Å². The number of hydrogen-bond acceptors (Lipinski definition) is 6. The maximum Gasteiger partial charge on any atom is 0.306 e. The predicted molar refractivity (Wildman–Crippen MR) is 247 cm³/mol. The second-order valence-corrected chi connectivity index (χ2v) is 16.0. The van der Waals surface area contributed by atoms with Gasteiger partial charge in [-0.2, -0.15) is 0 Å². The molecule has 0 aliphatic heterocycles. The summed E-state index contributed by atoms with van der Waals surface area (Å²) in [5.41, 5.74) is 0. The fourth-order valence-electron chi connectivity index (χ4n) is 6.61. The summed E-state index contributed by atoms with van der Waals surface area (Å²) in [5.74, 6) is -0.927. The van der Waals surface area contributed by atoms with Gasteiger partial charge in [-0.3, -0.25) is 14.4 Å². The number of esters is 3. The van der Waals surface area contributed by atoms with Crippen molar-refractivity contribution in [2.45, 2.75) is 239 Å². The van der Waals surface area contributed by atoms with Crippen LogP contribution in [0, 0.1) is 0 Å². The first kappa shape index (κ1) is 55.1. The summed E-state index contributed by atoms with van der Waals surface area (Å²) in [5, 5.41) is 0. The summed E-state index contributed by atoms with van der Waals surface area (Å²) in [7, 11) is 0. The van der Waals surface area contributed by atoms with Crippen LogP contribution in [0.4, 0.5) is 0 Å². The van der Waals surface area contributed by atoms with E-state index in [2.05, 4.69) is 81.5 Å². The predicted octanol–water partition coefficient (Wildman–Crippen LogP) is 15.7. The molecule has 0 aromatic carbocycles. The van der Waals surface area contributed by atoms with Crippen LogP contribution >= 0.6 is 0 Å². The molecule has 0 fully saturated rings. The second-order valence-electron chi connectivity index (χ2n) is 16.0. The van der Waals surface area contributed by atoms with Crippen molar-refractivity contribution in [3.05, 3.63) is 60.8 Å². The van der Waals surface area contributed by atoms with Crippen molar-refractivity contribution in [1.82, 2.24) is 0 Å². The molecule has 0 heterocycles. The van der Waals surface area contributed by atoms with Gasteiger partial charge in [0.2, 0.25) is 0 Å². The number of carbonyl (C=O) groups excluding carboxylic acids is 3. The zero-order valence-corrected chi connectivity index (χ0v) is 38.0. The zero-order chi connectivity index (χ0) is 42.3. The van der Waals surface area contributed by atoms with Gasteiger partial charge in [-0.15, -0.1) is 0 Å². The highest BCUT2D eigenvalue weighted by molar-refractivity contribution is 5.71. The Morgan fingerprint density at radius 2 is 0.741 bits per heavy atom. The van der Waals surface area contributed by atoms with E-state index in [1.807, 2.05) is 0 Å². The maximum absolute atomic E-state index is 12.7. The van der Waals surface area contributed by atoms with Gasteiger partial charge in [0, 0.05) is 19.3 Å². The number of ether oxygens (including phenoxy) is 3. The topological polar surface area (TPSA) is 78.9 Å². The summed E-state index contributed by atoms with van der Waals surface area (Å²) in [4.78, 5) is 37.8. The zero-order valence-electron chi connectivity index (χ0n) is 38.0. The molecular weight excluding hydrogens is 721 g/mol. The van der Waals surface area contributed by atoms with Gasteiger partial charge in [0.1, 0.15) is 13.2 Å². The Kier molecular flexibility index (Phi) is 44.5. The fraction of sp³-hybridized carbons (Fsp3) is 0.750. The Labute approximate surface area is 358 Å². The van der Waals surface area contributed by atoms with Gasteiger partial charge >= 0.3 is 17.9 Å². The molecule has 0 amide bonds. The molecule has 0 saturated heterocycles. The molecular formula is C52H90O6. The molecule has 1 unspecified atom stereocenters. The minimum atomic E-state index is -0.786. The van der Waals surface area contributed by atoms with Crippen LogP contribution in [0.2, 0.25) is 0 Å². The van der Waals surface area contributed by atoms with Crippen LogP contribution < -0.4 is 0 Å². The summed E-state index contributed by atoms with van der Waals surface area (Å²) in [6.07, 6.45) is 56.3. The molecule has 0 N–H and O–H groups in total. The summed E-state index contributed by atoms with van der Waals surface area (Å²) < 4.78 is 16.7. The smallest absolute Gasteiger partial charge is 0.306 e. The lowest BCUT2D eigenvalue weighted by Crippen LogP contribution is -2.30. The van der Waals surface area contributed by atoms with E-state index < -0.39 is 6.10 Å². The Balaban J connectivity index is 4.40. The fourth-order valence-corrected chi connectivity index (χ4v) is 6.61. The Bertz CT molecular complexity index is 1070. The Morgan fingerprint density at radius 1 is 0.379 bits per heavy atom. The largest absolute Gasteiger partial charge is 0.462 e. The van der Waals surface area contributed by atoms with E-state index in [9.17, 15) is 14.4 Å². The van der Waals surface area contributed by atoms with Gasteiger partial charge in [-0.05, 0) is 70.6 Å². The highest BCUT2D eigenvalue weighted by Gasteiger charge is 2.19. The van der Waals surface area contributed by atoms with Crippen LogP contribution in [-0.2, 0) is 28.6 Å². The van der Waals surface area contributed by atoms with E-state index in [1.165, 1.54) is 96.3 Å². The maximum atomic E-state index is 12.7. The quantitative estimate of drug-likeness (QED) is 0.0201. The van der Waals surface area contributed by atoms with Gasteiger partial charge < -0.3 is 14.2 Å². The van der Waals surface area contributed by atoms with Crippen LogP contribution in [0.1, 0.15) is 233 Å². The summed E-state index contributed by atoms with van der Waals surface area (Å²) in [6.45, 7) is 6.43. The lowest BCUT2D eigenvalue weighted by Gasteiger charge is -2.18. The van der Waals surface area contributed by atoms with E-state index in [0.717, 1.165) is 96.3 Å². The van der Waals surface area contributed by atoms with E-state index in [4.69, 9.17) is 14.2 Å². The molecule has 0 aliphatic carbocycles. The molecule has 0 spiro atoms. The van der Waals surface area contributed by atoms with E-state index >= 15 is 0 Å². The SMILES string of the molecule is CC/C=C\C/C=C\C/C=C\CCCCCCCCC(=O)OCC(COC(=O)CCCCC/C=C\C=C/CCCC)OC(=O)CCCCCCCCCCCCCCC. The first-order valence-corrected chi connectivity index (χ1v) is 24.3. The number of allylic oxidation sites excluding steroid dienone is 10. The Morgan fingerprint density at radius 3 is 1.22 bits per heavy atom. The van der Waals surface area contributed by atoms with Gasteiger partial charge in [0.25, 0.3) is 0 Å². The molecule has 6 heteroatoms. The van der Waals surface area contributed by atoms with E-state index in [-0.39, 0.29) is 31.1 Å². The first-order chi connectivity index (χ1) is 28.5. The minimum absolute atomic E-state index is 0.0884. The van der Waals surface area contributed by atoms with Gasteiger partial charge in [-0.25, -0.2) is 0 Å². The number of unbranched alkanes of at least 4 members (excludes halogenated alkanes) is 23. The molecule has 58 heavy (non-hydrogen) atoms. The Hall–Kier alpha value is -2.89. The van der Waals surface area contributed by atoms with Crippen molar-refractivity contribution < 1.29 is 28.6 Å². The van der Waals surface area contributed by atoms with Crippen molar-refractivity contribution in [3.63, 3.8) is 0 Å². The van der Waals surface area contributed by atoms with Gasteiger partial charge in [0.05, 0.1) is 0 Å². The normalized spacial score (nSPS) is 12.5. The minimum Gasteiger partial charge on any atom is -0.462 e. The number of hydrogen-bond donors (Lipinski definition) is 0. The lowest BCUT2D eigenvalue weighted by atomic mass is 10.0. The molecule has 0 radical (unpaired) electrons. The molecule has 0 rings (SSSR count). The summed E-state index contributed by atoms with van der Waals surface area (Å²) in [6, 6.07) is 0. The third-order valence-electron chi connectivity index (χ3n) is 10.3. The molecule has 0 saturated carbocycles. The first-order valence-electron chi connectivity index (χ1n) is 24.3. The molecule has 0 aromatic rings. The highest BCUT2D eigenvalue weighted by atomic mass is 16.6. The molecule has 0 bridgehead atoms. The standard InChI is InChI=1S/C52H90O6/c1-4-7-10-13-16-19-22-24-25-26-28-30-33-36-39-42-45-51(54)57-48-49(47-56-50(53)44-41-38-35-32-29-21-18-15-12-9-6-3)58-52(55)46-43-40-37-34-31-27-23-20-17-14-11-8-5-2/h7,10,15-16,18-19,21,24-25,29,49H,4-6,8-9,11-14,17,20,22-23,26-28,30-48H2,1-3H3/b10-7-,18-15-,19-16-,25-24-,29-21-. The van der Waals surface area contributed by atoms with Crippen molar-refractivity contribution in [2.75, 3.05) is 13.2 Å². The monoisotopic (exact) mass is 811 g/mol. The van der Waals surface area contributed by atoms with Crippen molar-refractivity contribution in [2.24, 2.45) is 0 Å². The van der Waals surface area contributed by atoms with Crippen LogP contribution in [-0.4, -0.2) is 37.2 Å². The molecule has 0 aliphatic rings. The van der Waals surface area contributed by atoms with E-state index in [1.54, 1.807) is 0 Å². The average molecular weight is 811 g/mol. The second kappa shape index (κ2) is 46.8. The van der Waals surface area contributed by atoms with Crippen molar-refractivity contribution in [3.8, 4) is 0 Å². The van der Waals surface area contributed by atoms with Gasteiger partial charge in [-0.1, -0.05) is 204 Å². The third kappa shape index (κ3) is 44.2. The lowest BCUT2D eigenvalue weighted by molar-refractivity contribution is -0.167. The third-order valence-corrected chi connectivity index (χ3v) is 10.3. The van der Waals surface area contributed by atoms with Crippen LogP contribution in [0.25, 0.3) is 0 Å². The molecule has 6 nitrogen and oxygen atoms in total.